The number of methoxy groups -OCH3 is 1. The number of hydrogen-bond acceptors (Lipinski definition) is 7. The number of nitro benzene ring substituents is 1. The second-order valence-corrected chi connectivity index (χ2v) is 6.31. The van der Waals surface area contributed by atoms with Crippen molar-refractivity contribution in [3.05, 3.63) is 70.5 Å². The van der Waals surface area contributed by atoms with Crippen molar-refractivity contribution >= 4 is 17.3 Å². The summed E-state index contributed by atoms with van der Waals surface area (Å²) in [6.45, 7) is 3.00. The fraction of sp³-hybridized carbons (Fsp3) is 0.238. The first kappa shape index (κ1) is 21.6. The van der Waals surface area contributed by atoms with Gasteiger partial charge in [0.1, 0.15) is 17.9 Å². The van der Waals surface area contributed by atoms with E-state index in [4.69, 9.17) is 14.2 Å². The number of nitrogens with zero attached hydrogens (tertiary/aromatic N) is 3. The summed E-state index contributed by atoms with van der Waals surface area (Å²) in [5, 5.41) is 18.3. The van der Waals surface area contributed by atoms with Gasteiger partial charge in [0.05, 0.1) is 31.3 Å². The van der Waals surface area contributed by atoms with Crippen LogP contribution in [-0.4, -0.2) is 40.9 Å². The molecule has 1 aromatic heterocycles. The van der Waals surface area contributed by atoms with E-state index in [1.165, 1.54) is 19.2 Å². The van der Waals surface area contributed by atoms with Gasteiger partial charge in [-0.15, -0.1) is 0 Å². The number of benzene rings is 2. The molecule has 0 saturated carbocycles. The molecule has 1 N–H and O–H groups in total. The van der Waals surface area contributed by atoms with Gasteiger partial charge in [-0.1, -0.05) is 6.07 Å². The molecule has 1 amide bonds. The number of carbonyl (C=O) groups excluding carboxylic acids is 1. The summed E-state index contributed by atoms with van der Waals surface area (Å²) in [6, 6.07) is 11.1. The fourth-order valence-electron chi connectivity index (χ4n) is 2.86. The number of hydrogen-bond donors (Lipinski definition) is 1. The second-order valence-electron chi connectivity index (χ2n) is 6.31. The molecular weight excluding hydrogens is 404 g/mol. The number of nitro groups is 1. The fourth-order valence-corrected chi connectivity index (χ4v) is 2.86. The summed E-state index contributed by atoms with van der Waals surface area (Å²) in [7, 11) is 1.40. The third kappa shape index (κ3) is 5.50. The van der Waals surface area contributed by atoms with Crippen molar-refractivity contribution in [3.63, 3.8) is 0 Å². The van der Waals surface area contributed by atoms with E-state index < -0.39 is 10.8 Å². The maximum Gasteiger partial charge on any atom is 0.286 e. The van der Waals surface area contributed by atoms with Gasteiger partial charge in [-0.25, -0.2) is 0 Å². The number of anilines is 1. The van der Waals surface area contributed by atoms with Crippen molar-refractivity contribution in [2.24, 2.45) is 0 Å². The maximum absolute atomic E-state index is 12.8. The Bertz CT molecular complexity index is 1050. The molecule has 3 aromatic rings. The Kier molecular flexibility index (Phi) is 7.05. The molecule has 2 aromatic carbocycles. The SMILES string of the molecule is CCOc1cc([N+](=O)[O-])c(C(=O)Nc2cccc(OCCn3cccn3)c2)cc1OC. The van der Waals surface area contributed by atoms with Gasteiger partial charge in [-0.3, -0.25) is 19.6 Å². The van der Waals surface area contributed by atoms with Gasteiger partial charge < -0.3 is 19.5 Å². The summed E-state index contributed by atoms with van der Waals surface area (Å²) in [5.41, 5.74) is -0.0903. The van der Waals surface area contributed by atoms with Gasteiger partial charge in [-0.2, -0.15) is 5.10 Å². The lowest BCUT2D eigenvalue weighted by Gasteiger charge is -2.12. The van der Waals surface area contributed by atoms with Crippen molar-refractivity contribution in [2.45, 2.75) is 13.5 Å². The van der Waals surface area contributed by atoms with E-state index in [-0.39, 0.29) is 22.7 Å². The quantitative estimate of drug-likeness (QED) is 0.389. The Morgan fingerprint density at radius 1 is 1.19 bits per heavy atom. The average Bonchev–Trinajstić information content (AvgIpc) is 3.27. The van der Waals surface area contributed by atoms with Crippen molar-refractivity contribution < 1.29 is 23.9 Å². The minimum absolute atomic E-state index is 0.143. The topological polar surface area (TPSA) is 118 Å². The van der Waals surface area contributed by atoms with E-state index in [0.29, 0.717) is 31.2 Å². The molecule has 10 nitrogen and oxygen atoms in total. The van der Waals surface area contributed by atoms with Crippen LogP contribution in [0.3, 0.4) is 0 Å². The molecule has 0 aliphatic carbocycles. The van der Waals surface area contributed by atoms with Gasteiger partial charge in [0, 0.05) is 30.2 Å². The van der Waals surface area contributed by atoms with Crippen LogP contribution in [0.5, 0.6) is 17.2 Å². The lowest BCUT2D eigenvalue weighted by molar-refractivity contribution is -0.385. The van der Waals surface area contributed by atoms with Crippen LogP contribution in [-0.2, 0) is 6.54 Å². The Morgan fingerprint density at radius 2 is 2.03 bits per heavy atom. The summed E-state index contributed by atoms with van der Waals surface area (Å²) in [4.78, 5) is 23.7. The summed E-state index contributed by atoms with van der Waals surface area (Å²) in [6.07, 6.45) is 3.52. The molecular formula is C21H22N4O6. The molecule has 0 atom stereocenters. The molecule has 0 aliphatic rings. The van der Waals surface area contributed by atoms with E-state index in [0.717, 1.165) is 0 Å². The third-order valence-electron chi connectivity index (χ3n) is 4.26. The molecule has 0 radical (unpaired) electrons. The first-order valence-electron chi connectivity index (χ1n) is 9.52. The van der Waals surface area contributed by atoms with Crippen LogP contribution < -0.4 is 19.5 Å². The van der Waals surface area contributed by atoms with Crippen molar-refractivity contribution in [2.75, 3.05) is 25.6 Å². The summed E-state index contributed by atoms with van der Waals surface area (Å²) < 4.78 is 18.0. The molecule has 31 heavy (non-hydrogen) atoms. The first-order chi connectivity index (χ1) is 15.0. The average molecular weight is 426 g/mol. The zero-order valence-corrected chi connectivity index (χ0v) is 17.1. The predicted molar refractivity (Wildman–Crippen MR) is 113 cm³/mol. The van der Waals surface area contributed by atoms with Crippen molar-refractivity contribution in [1.82, 2.24) is 9.78 Å². The Balaban J connectivity index is 1.75. The van der Waals surface area contributed by atoms with E-state index >= 15 is 0 Å². The van der Waals surface area contributed by atoms with E-state index in [1.54, 1.807) is 42.1 Å². The van der Waals surface area contributed by atoms with Crippen LogP contribution in [0.1, 0.15) is 17.3 Å². The van der Waals surface area contributed by atoms with Gasteiger partial charge in [0.25, 0.3) is 11.6 Å². The molecule has 1 heterocycles. The molecule has 0 spiro atoms. The zero-order valence-electron chi connectivity index (χ0n) is 17.1. The maximum atomic E-state index is 12.8. The highest BCUT2D eigenvalue weighted by molar-refractivity contribution is 6.07. The smallest absolute Gasteiger partial charge is 0.286 e. The van der Waals surface area contributed by atoms with E-state index in [9.17, 15) is 14.9 Å². The molecule has 10 heteroatoms. The van der Waals surface area contributed by atoms with Crippen molar-refractivity contribution in [1.29, 1.82) is 0 Å². The van der Waals surface area contributed by atoms with Crippen LogP contribution in [0.25, 0.3) is 0 Å². The van der Waals surface area contributed by atoms with Gasteiger partial charge in [0.2, 0.25) is 0 Å². The van der Waals surface area contributed by atoms with Crippen LogP contribution in [0, 0.1) is 10.1 Å². The Hall–Kier alpha value is -4.08. The second kappa shape index (κ2) is 10.1. The number of ether oxygens (including phenoxy) is 3. The third-order valence-corrected chi connectivity index (χ3v) is 4.26. The molecule has 0 saturated heterocycles. The highest BCUT2D eigenvalue weighted by Gasteiger charge is 2.25. The lowest BCUT2D eigenvalue weighted by atomic mass is 10.1. The number of rotatable bonds is 10. The number of nitrogens with one attached hydrogen (secondary N) is 1. The molecule has 162 valence electrons. The lowest BCUT2D eigenvalue weighted by Crippen LogP contribution is -2.15. The highest BCUT2D eigenvalue weighted by Crippen LogP contribution is 2.35. The number of carbonyl (C=O) groups is 1. The van der Waals surface area contributed by atoms with Gasteiger partial charge in [0.15, 0.2) is 11.5 Å². The van der Waals surface area contributed by atoms with E-state index in [2.05, 4.69) is 10.4 Å². The van der Waals surface area contributed by atoms with Gasteiger partial charge >= 0.3 is 0 Å². The normalized spacial score (nSPS) is 10.4. The molecule has 0 fully saturated rings. The molecule has 0 bridgehead atoms. The standard InChI is InChI=1S/C21H22N4O6/c1-3-30-20-14-18(25(27)28)17(13-19(20)29-2)21(26)23-15-6-4-7-16(12-15)31-11-10-24-9-5-8-22-24/h4-9,12-14H,3,10-11H2,1-2H3,(H,23,26). The molecule has 3 rings (SSSR count). The van der Waals surface area contributed by atoms with Crippen LogP contribution in [0.2, 0.25) is 0 Å². The first-order valence-corrected chi connectivity index (χ1v) is 9.52. The summed E-state index contributed by atoms with van der Waals surface area (Å²) in [5.74, 6) is 0.319. The minimum Gasteiger partial charge on any atom is -0.493 e. The Labute approximate surface area is 178 Å². The minimum atomic E-state index is -0.651. The predicted octanol–water partition coefficient (Wildman–Crippen LogP) is 3.53. The molecule has 0 unspecified atom stereocenters. The zero-order chi connectivity index (χ0) is 22.2. The summed E-state index contributed by atoms with van der Waals surface area (Å²) >= 11 is 0. The van der Waals surface area contributed by atoms with Crippen LogP contribution in [0.15, 0.2) is 54.9 Å². The monoisotopic (exact) mass is 426 g/mol. The van der Waals surface area contributed by atoms with E-state index in [1.807, 2.05) is 12.3 Å². The largest absolute Gasteiger partial charge is 0.493 e. The Morgan fingerprint density at radius 3 is 2.71 bits per heavy atom. The van der Waals surface area contributed by atoms with Crippen molar-refractivity contribution in [3.8, 4) is 17.2 Å². The molecule has 0 aliphatic heterocycles. The highest BCUT2D eigenvalue weighted by atomic mass is 16.6. The number of amides is 1. The van der Waals surface area contributed by atoms with Crippen LogP contribution in [0.4, 0.5) is 11.4 Å². The van der Waals surface area contributed by atoms with Crippen LogP contribution >= 0.6 is 0 Å². The van der Waals surface area contributed by atoms with Gasteiger partial charge in [-0.05, 0) is 25.1 Å². The number of aromatic nitrogens is 2.